The van der Waals surface area contributed by atoms with Gasteiger partial charge < -0.3 is 15.0 Å². The summed E-state index contributed by atoms with van der Waals surface area (Å²) < 4.78 is 5.23. The molecule has 2 heterocycles. The van der Waals surface area contributed by atoms with Crippen LogP contribution in [0.4, 0.5) is 5.95 Å². The zero-order chi connectivity index (χ0) is 17.6. The van der Waals surface area contributed by atoms with Crippen LogP contribution in [0.15, 0.2) is 36.4 Å². The maximum Gasteiger partial charge on any atom is 0.228 e. The Morgan fingerprint density at radius 2 is 2.12 bits per heavy atom. The number of hydrogen-bond donors (Lipinski definition) is 1. The molecule has 1 aliphatic heterocycles. The molecular formula is C19H24N4O2. The van der Waals surface area contributed by atoms with Crippen molar-refractivity contribution in [3.8, 4) is 5.88 Å². The van der Waals surface area contributed by atoms with Crippen molar-refractivity contribution in [1.29, 1.82) is 0 Å². The van der Waals surface area contributed by atoms with E-state index >= 15 is 0 Å². The first-order chi connectivity index (χ1) is 12.2. The summed E-state index contributed by atoms with van der Waals surface area (Å²) in [5.74, 6) is 1.23. The minimum Gasteiger partial charge on any atom is -0.481 e. The third kappa shape index (κ3) is 4.47. The first kappa shape index (κ1) is 17.2. The molecule has 132 valence electrons. The van der Waals surface area contributed by atoms with Crippen LogP contribution in [0, 0.1) is 12.8 Å². The van der Waals surface area contributed by atoms with Gasteiger partial charge in [-0.2, -0.15) is 4.98 Å². The largest absolute Gasteiger partial charge is 0.481 e. The van der Waals surface area contributed by atoms with E-state index in [0.29, 0.717) is 24.9 Å². The minimum absolute atomic E-state index is 0.0485. The smallest absolute Gasteiger partial charge is 0.228 e. The van der Waals surface area contributed by atoms with Gasteiger partial charge in [0.25, 0.3) is 0 Å². The van der Waals surface area contributed by atoms with Gasteiger partial charge in [0.2, 0.25) is 17.7 Å². The van der Waals surface area contributed by atoms with Crippen molar-refractivity contribution in [2.24, 2.45) is 5.92 Å². The maximum atomic E-state index is 12.5. The molecule has 0 bridgehead atoms. The molecule has 1 aromatic heterocycles. The summed E-state index contributed by atoms with van der Waals surface area (Å²) in [6.07, 6.45) is 1.84. The van der Waals surface area contributed by atoms with Gasteiger partial charge in [0.15, 0.2) is 0 Å². The normalized spacial score (nSPS) is 17.2. The molecule has 0 aliphatic carbocycles. The van der Waals surface area contributed by atoms with E-state index < -0.39 is 0 Å². The van der Waals surface area contributed by atoms with Crippen molar-refractivity contribution in [2.75, 3.05) is 25.1 Å². The van der Waals surface area contributed by atoms with Crippen LogP contribution >= 0.6 is 0 Å². The Kier molecular flexibility index (Phi) is 5.48. The number of anilines is 1. The molecule has 0 spiro atoms. The second-order valence-corrected chi connectivity index (χ2v) is 6.34. The van der Waals surface area contributed by atoms with Crippen LogP contribution in [0.3, 0.4) is 0 Å². The number of aryl methyl sites for hydroxylation is 1. The Bertz CT molecular complexity index is 721. The quantitative estimate of drug-likeness (QED) is 0.905. The molecule has 0 saturated carbocycles. The zero-order valence-corrected chi connectivity index (χ0v) is 14.7. The van der Waals surface area contributed by atoms with Gasteiger partial charge in [-0.25, -0.2) is 4.98 Å². The predicted molar refractivity (Wildman–Crippen MR) is 96.5 cm³/mol. The lowest BCUT2D eigenvalue weighted by molar-refractivity contribution is -0.125. The predicted octanol–water partition coefficient (Wildman–Crippen LogP) is 2.33. The molecule has 0 radical (unpaired) electrons. The number of nitrogens with zero attached hydrogens (tertiary/aromatic N) is 3. The summed E-state index contributed by atoms with van der Waals surface area (Å²) in [7, 11) is 1.60. The Morgan fingerprint density at radius 3 is 2.88 bits per heavy atom. The zero-order valence-electron chi connectivity index (χ0n) is 14.7. The van der Waals surface area contributed by atoms with E-state index in [1.54, 1.807) is 13.2 Å². The lowest BCUT2D eigenvalue weighted by Gasteiger charge is -2.32. The highest BCUT2D eigenvalue weighted by Gasteiger charge is 2.27. The van der Waals surface area contributed by atoms with E-state index in [1.165, 1.54) is 0 Å². The molecule has 2 aromatic rings. The molecule has 1 fully saturated rings. The summed E-state index contributed by atoms with van der Waals surface area (Å²) in [6, 6.07) is 11.8. The van der Waals surface area contributed by atoms with Gasteiger partial charge in [-0.1, -0.05) is 30.3 Å². The lowest BCUT2D eigenvalue weighted by Crippen LogP contribution is -2.43. The van der Waals surface area contributed by atoms with Gasteiger partial charge in [0.05, 0.1) is 13.0 Å². The van der Waals surface area contributed by atoms with Crippen LogP contribution in [-0.2, 0) is 11.3 Å². The summed E-state index contributed by atoms with van der Waals surface area (Å²) >= 11 is 0. The minimum atomic E-state index is -0.0485. The van der Waals surface area contributed by atoms with Gasteiger partial charge in [0, 0.05) is 31.4 Å². The van der Waals surface area contributed by atoms with E-state index in [4.69, 9.17) is 4.74 Å². The molecule has 6 nitrogen and oxygen atoms in total. The molecule has 6 heteroatoms. The number of carbonyl (C=O) groups excluding carboxylic acids is 1. The van der Waals surface area contributed by atoms with E-state index in [-0.39, 0.29) is 11.8 Å². The average molecular weight is 340 g/mol. The summed E-state index contributed by atoms with van der Waals surface area (Å²) in [4.78, 5) is 23.5. The Hall–Kier alpha value is -2.63. The van der Waals surface area contributed by atoms with Crippen LogP contribution in [0.1, 0.15) is 24.1 Å². The molecule has 1 amide bonds. The number of methoxy groups -OCH3 is 1. The van der Waals surface area contributed by atoms with Crippen LogP contribution < -0.4 is 15.0 Å². The molecular weight excluding hydrogens is 316 g/mol. The number of nitrogens with one attached hydrogen (secondary N) is 1. The SMILES string of the molecule is COc1cc(C)nc(N2CCCC(C(=O)NCc3ccccc3)C2)n1. The second-order valence-electron chi connectivity index (χ2n) is 6.34. The number of ether oxygens (including phenoxy) is 1. The number of aromatic nitrogens is 2. The number of carbonyl (C=O) groups is 1. The number of amides is 1. The molecule has 25 heavy (non-hydrogen) atoms. The van der Waals surface area contributed by atoms with Crippen LogP contribution in [-0.4, -0.2) is 36.1 Å². The van der Waals surface area contributed by atoms with E-state index in [0.717, 1.165) is 30.6 Å². The highest BCUT2D eigenvalue weighted by Crippen LogP contribution is 2.22. The lowest BCUT2D eigenvalue weighted by atomic mass is 9.97. The fourth-order valence-electron chi connectivity index (χ4n) is 3.07. The maximum absolute atomic E-state index is 12.5. The average Bonchev–Trinajstić information content (AvgIpc) is 2.66. The third-order valence-corrected chi connectivity index (χ3v) is 4.41. The fourth-order valence-corrected chi connectivity index (χ4v) is 3.07. The van der Waals surface area contributed by atoms with E-state index in [2.05, 4.69) is 20.2 Å². The Labute approximate surface area is 148 Å². The third-order valence-electron chi connectivity index (χ3n) is 4.41. The Morgan fingerprint density at radius 1 is 1.32 bits per heavy atom. The number of piperidine rings is 1. The van der Waals surface area contributed by atoms with Crippen molar-refractivity contribution in [3.63, 3.8) is 0 Å². The molecule has 1 aromatic carbocycles. The van der Waals surface area contributed by atoms with E-state index in [1.807, 2.05) is 37.3 Å². The highest BCUT2D eigenvalue weighted by atomic mass is 16.5. The van der Waals surface area contributed by atoms with Gasteiger partial charge in [-0.15, -0.1) is 0 Å². The van der Waals surface area contributed by atoms with Gasteiger partial charge in [-0.05, 0) is 25.3 Å². The molecule has 1 aliphatic rings. The topological polar surface area (TPSA) is 67.3 Å². The van der Waals surface area contributed by atoms with Gasteiger partial charge in [-0.3, -0.25) is 4.79 Å². The van der Waals surface area contributed by atoms with Crippen LogP contribution in [0.5, 0.6) is 5.88 Å². The molecule has 3 rings (SSSR count). The van der Waals surface area contributed by atoms with Gasteiger partial charge >= 0.3 is 0 Å². The van der Waals surface area contributed by atoms with Crippen LogP contribution in [0.25, 0.3) is 0 Å². The summed E-state index contributed by atoms with van der Waals surface area (Å²) in [6.45, 7) is 3.97. The number of benzene rings is 1. The molecule has 1 saturated heterocycles. The van der Waals surface area contributed by atoms with Crippen molar-refractivity contribution >= 4 is 11.9 Å². The van der Waals surface area contributed by atoms with E-state index in [9.17, 15) is 4.79 Å². The van der Waals surface area contributed by atoms with Crippen molar-refractivity contribution in [3.05, 3.63) is 47.7 Å². The van der Waals surface area contributed by atoms with Gasteiger partial charge in [0.1, 0.15) is 0 Å². The monoisotopic (exact) mass is 340 g/mol. The van der Waals surface area contributed by atoms with Crippen molar-refractivity contribution in [1.82, 2.24) is 15.3 Å². The summed E-state index contributed by atoms with van der Waals surface area (Å²) in [5, 5.41) is 3.04. The first-order valence-corrected chi connectivity index (χ1v) is 8.62. The highest BCUT2D eigenvalue weighted by molar-refractivity contribution is 5.79. The standard InChI is InChI=1S/C19H24N4O2/c1-14-11-17(25-2)22-19(21-14)23-10-6-9-16(13-23)18(24)20-12-15-7-4-3-5-8-15/h3-5,7-8,11,16H,6,9-10,12-13H2,1-2H3,(H,20,24). The Balaban J connectivity index is 1.62. The molecule has 1 N–H and O–H groups in total. The molecule has 1 atom stereocenters. The first-order valence-electron chi connectivity index (χ1n) is 8.62. The number of hydrogen-bond acceptors (Lipinski definition) is 5. The fraction of sp³-hybridized carbons (Fsp3) is 0.421. The van der Waals surface area contributed by atoms with Crippen molar-refractivity contribution < 1.29 is 9.53 Å². The van der Waals surface area contributed by atoms with Crippen molar-refractivity contribution in [2.45, 2.75) is 26.3 Å². The van der Waals surface area contributed by atoms with Crippen LogP contribution in [0.2, 0.25) is 0 Å². The number of rotatable bonds is 5. The second kappa shape index (κ2) is 7.96. The summed E-state index contributed by atoms with van der Waals surface area (Å²) in [5.41, 5.74) is 1.97. The molecule has 1 unspecified atom stereocenters.